The summed E-state index contributed by atoms with van der Waals surface area (Å²) in [6, 6.07) is 80.7. The zero-order chi connectivity index (χ0) is 106. The Kier molecular flexibility index (Phi) is 42.0. The average molecular weight is 1940 g/mol. The van der Waals surface area contributed by atoms with Crippen molar-refractivity contribution >= 4 is 28.9 Å². The Morgan fingerprint density at radius 3 is 0.676 bits per heavy atom. The summed E-state index contributed by atoms with van der Waals surface area (Å²) in [5, 5.41) is 0. The molecule has 0 spiro atoms. The van der Waals surface area contributed by atoms with E-state index in [0.29, 0.717) is 44.5 Å². The van der Waals surface area contributed by atoms with Crippen LogP contribution in [0.3, 0.4) is 0 Å². The van der Waals surface area contributed by atoms with Gasteiger partial charge in [0, 0.05) is 55.6 Å². The van der Waals surface area contributed by atoms with Gasteiger partial charge in [0.2, 0.25) is 0 Å². The molecule has 4 aliphatic rings. The van der Waals surface area contributed by atoms with Crippen molar-refractivity contribution in [2.75, 3.05) is 0 Å². The largest absolute Gasteiger partial charge is 0.457 e. The van der Waals surface area contributed by atoms with Gasteiger partial charge in [0.05, 0.1) is 0 Å². The second-order valence-electron chi connectivity index (χ2n) is 44.1. The van der Waals surface area contributed by atoms with Gasteiger partial charge in [0.15, 0.2) is 28.9 Å². The van der Waals surface area contributed by atoms with E-state index >= 15 is 0 Å². The highest BCUT2D eigenvalue weighted by Crippen LogP contribution is 2.52. The van der Waals surface area contributed by atoms with Crippen LogP contribution in [-0.4, -0.2) is 28.9 Å². The number of ether oxygens (including phenoxy) is 3. The van der Waals surface area contributed by atoms with Crippen LogP contribution in [-0.2, 0) is 0 Å². The van der Waals surface area contributed by atoms with Gasteiger partial charge in [0.25, 0.3) is 0 Å². The molecule has 4 aliphatic carbocycles. The molecule has 0 aromatic heterocycles. The SMILES string of the molecule is CC1CC(C)C(C)CC1C.CC1CCC(C)C(C)C1C.CC1CCC(C)C2C(C)CCC(C)C12.Cc1ccc(C(=O)c2ccc(C(=O)c3ccc(C)c(C)c3)cc2)cc1C.Cc1ccc(C(=O)c2ccc(C(=O)c3cccc(C)c3C)cc2)cc1C.Cc1ccc(C(=O)c2ccc(C)c(C)c2)cc1C.Cc1ccc(Oc2ccc(C)c(C)c2)cc1C.Cc1ccc(Oc2ccc(Oc3cccc(C)c3C)cc2)cc1C. The lowest BCUT2D eigenvalue weighted by Gasteiger charge is -2.50. The predicted octanol–water partition coefficient (Wildman–Crippen LogP) is 37.1. The first-order valence-corrected chi connectivity index (χ1v) is 53.4. The molecule has 764 valence electrons. The number of carbonyl (C=O) groups is 5. The topological polar surface area (TPSA) is 113 Å². The van der Waals surface area contributed by atoms with E-state index in [2.05, 4.69) is 195 Å². The van der Waals surface area contributed by atoms with Crippen molar-refractivity contribution < 1.29 is 38.2 Å². The van der Waals surface area contributed by atoms with E-state index < -0.39 is 0 Å². The minimum absolute atomic E-state index is 0.0172. The molecule has 4 fully saturated rings. The van der Waals surface area contributed by atoms with E-state index in [1.807, 2.05) is 233 Å². The summed E-state index contributed by atoms with van der Waals surface area (Å²) in [5.74, 6) is 18.9. The number of hydrogen-bond donors (Lipinski definition) is 0. The van der Waals surface area contributed by atoms with E-state index in [9.17, 15) is 24.0 Å². The number of aryl methyl sites for hydroxylation is 18. The summed E-state index contributed by atoms with van der Waals surface area (Å²) in [6.45, 7) is 70.1. The van der Waals surface area contributed by atoms with Gasteiger partial charge < -0.3 is 14.2 Å². The van der Waals surface area contributed by atoms with E-state index in [0.717, 1.165) is 190 Å². The Morgan fingerprint density at radius 1 is 0.186 bits per heavy atom. The molecular formula is C137H168O8. The zero-order valence-electron chi connectivity index (χ0n) is 93.8. The minimum Gasteiger partial charge on any atom is -0.457 e. The summed E-state index contributed by atoms with van der Waals surface area (Å²) < 4.78 is 17.7. The molecule has 0 saturated heterocycles. The van der Waals surface area contributed by atoms with Gasteiger partial charge in [-0.3, -0.25) is 24.0 Å². The minimum atomic E-state index is -0.0294. The highest BCUT2D eigenvalue weighted by molar-refractivity contribution is 6.13. The molecule has 17 rings (SSSR count). The number of fused-ring (bicyclic) bond motifs is 1. The van der Waals surface area contributed by atoms with E-state index in [-0.39, 0.29) is 28.9 Å². The maximum atomic E-state index is 12.8. The lowest BCUT2D eigenvalue weighted by molar-refractivity contribution is -0.00927. The monoisotopic (exact) mass is 1940 g/mol. The van der Waals surface area contributed by atoms with E-state index in [4.69, 9.17) is 14.2 Å². The second-order valence-corrected chi connectivity index (χ2v) is 44.1. The number of carbonyl (C=O) groups excluding carboxylic acids is 5. The Labute approximate surface area is 873 Å². The molecule has 12 atom stereocenters. The van der Waals surface area contributed by atoms with Crippen LogP contribution in [0, 0.1) is 221 Å². The molecule has 13 aromatic rings. The van der Waals surface area contributed by atoms with Crippen LogP contribution in [0.2, 0.25) is 0 Å². The van der Waals surface area contributed by atoms with Crippen molar-refractivity contribution in [1.82, 2.24) is 0 Å². The van der Waals surface area contributed by atoms with Crippen molar-refractivity contribution in [1.29, 1.82) is 0 Å². The maximum Gasteiger partial charge on any atom is 0.193 e. The normalized spacial score (nSPS) is 20.1. The van der Waals surface area contributed by atoms with Gasteiger partial charge in [0.1, 0.15) is 34.5 Å². The van der Waals surface area contributed by atoms with Crippen molar-refractivity contribution in [3.8, 4) is 34.5 Å². The fraction of sp³-hybridized carbons (Fsp3) is 0.394. The Morgan fingerprint density at radius 2 is 0.400 bits per heavy atom. The van der Waals surface area contributed by atoms with Crippen LogP contribution in [0.25, 0.3) is 0 Å². The van der Waals surface area contributed by atoms with Crippen molar-refractivity contribution in [3.63, 3.8) is 0 Å². The van der Waals surface area contributed by atoms with E-state index in [1.165, 1.54) is 101 Å². The highest BCUT2D eigenvalue weighted by atomic mass is 16.5. The highest BCUT2D eigenvalue weighted by Gasteiger charge is 2.44. The Hall–Kier alpha value is -12.4. The molecule has 8 heteroatoms. The lowest BCUT2D eigenvalue weighted by atomic mass is 9.55. The second kappa shape index (κ2) is 53.1. The molecular weight excluding hydrogens is 1770 g/mol. The van der Waals surface area contributed by atoms with Crippen LogP contribution in [0.4, 0.5) is 0 Å². The fourth-order valence-electron chi connectivity index (χ4n) is 20.6. The molecule has 0 amide bonds. The van der Waals surface area contributed by atoms with Crippen molar-refractivity contribution in [2.45, 2.75) is 273 Å². The van der Waals surface area contributed by atoms with Crippen molar-refractivity contribution in [2.24, 2.45) is 82.9 Å². The Balaban J connectivity index is 0.000000173. The summed E-state index contributed by atoms with van der Waals surface area (Å²) in [6.07, 6.45) is 11.7. The summed E-state index contributed by atoms with van der Waals surface area (Å²) in [5.41, 5.74) is 30.2. The zero-order valence-corrected chi connectivity index (χ0v) is 93.8. The molecule has 12 unspecified atom stereocenters. The van der Waals surface area contributed by atoms with Crippen LogP contribution in [0.1, 0.15) is 325 Å². The molecule has 0 bridgehead atoms. The van der Waals surface area contributed by atoms with Crippen molar-refractivity contribution in [3.05, 3.63) is 422 Å². The van der Waals surface area contributed by atoms with Gasteiger partial charge >= 0.3 is 0 Å². The average Bonchev–Trinajstić information content (AvgIpc) is 0.778. The van der Waals surface area contributed by atoms with Gasteiger partial charge in [-0.1, -0.05) is 279 Å². The Bertz CT molecular complexity index is 6310. The predicted molar refractivity (Wildman–Crippen MR) is 610 cm³/mol. The standard InChI is InChI=1S/2C24H22O2.C22H22O2.C17H18O.C16H18O.C14H26.2C10H20/c1-15-5-7-21(13-17(15)3)23(25)19-9-11-20(12-10-19)24(26)22-8-6-16(2)18(4)14-22;1-15-8-9-21(14-17(15)3)23(25)19-10-12-20(13-11-19)24(26)22-7-5-6-16(2)18(22)4;1-15-8-9-21(14-17(15)3)23-19-10-12-20(13-11-19)24-22-7-5-6-16(2)18(22)4;1-11-5-7-15(9-13(11)3)17(18)16-8-6-12(2)14(4)10-16;1-11-5-7-15(9-13(11)3)17-16-8-6-12(2)14(4)10-16;1-9-5-6-11(3)14-12(4)8-7-10(2)13(9)14;1-7-5-9(3)10(4)6-8(7)2;1-7-5-6-8(2)10(4)9(7)3/h2*5-14H,1-4H3;5-14H,1-4H3;5-10H,1-4H3;5-10H,1-4H3;9-14H,5-8H2,1-4H3;2*7-10H,5-6H2,1-4H3. The summed E-state index contributed by atoms with van der Waals surface area (Å²) >= 11 is 0. The van der Waals surface area contributed by atoms with Crippen LogP contribution < -0.4 is 14.2 Å². The molecule has 145 heavy (non-hydrogen) atoms. The van der Waals surface area contributed by atoms with Gasteiger partial charge in [-0.15, -0.1) is 0 Å². The first-order valence-electron chi connectivity index (χ1n) is 53.4. The first kappa shape index (κ1) is 115. The van der Waals surface area contributed by atoms with E-state index in [1.54, 1.807) is 48.5 Å². The number of ketones is 5. The molecule has 13 aromatic carbocycles. The maximum absolute atomic E-state index is 12.8. The lowest BCUT2D eigenvalue weighted by Crippen LogP contribution is -2.43. The first-order chi connectivity index (χ1) is 68.7. The summed E-state index contributed by atoms with van der Waals surface area (Å²) in [4.78, 5) is 63.1. The smallest absolute Gasteiger partial charge is 0.193 e. The third kappa shape index (κ3) is 31.6. The molecule has 4 saturated carbocycles. The molecule has 0 aliphatic heterocycles. The number of hydrogen-bond acceptors (Lipinski definition) is 8. The van der Waals surface area contributed by atoms with Crippen LogP contribution in [0.15, 0.2) is 255 Å². The van der Waals surface area contributed by atoms with Gasteiger partial charge in [-0.2, -0.15) is 0 Å². The number of rotatable bonds is 16. The fourth-order valence-corrected chi connectivity index (χ4v) is 20.6. The van der Waals surface area contributed by atoms with Crippen LogP contribution >= 0.6 is 0 Å². The van der Waals surface area contributed by atoms with Gasteiger partial charge in [-0.05, 0) is 442 Å². The molecule has 8 nitrogen and oxygen atoms in total. The third-order valence-corrected chi connectivity index (χ3v) is 33.4. The van der Waals surface area contributed by atoms with Gasteiger partial charge in [-0.25, -0.2) is 0 Å². The van der Waals surface area contributed by atoms with Crippen LogP contribution in [0.5, 0.6) is 34.5 Å². The third-order valence-electron chi connectivity index (χ3n) is 33.4. The molecule has 0 radical (unpaired) electrons. The molecule has 0 N–H and O–H groups in total. The summed E-state index contributed by atoms with van der Waals surface area (Å²) in [7, 11) is 0. The number of benzene rings is 13. The molecule has 0 heterocycles. The quantitative estimate of drug-likeness (QED) is 0.0879.